The largest absolute Gasteiger partial charge is 0.394 e. The number of hydrogen-bond acceptors (Lipinski definition) is 6. The molecule has 0 aliphatic rings. The summed E-state index contributed by atoms with van der Waals surface area (Å²) in [5.41, 5.74) is 5.61. The lowest BCUT2D eigenvalue weighted by atomic mass is 10.3. The van der Waals surface area contributed by atoms with Crippen molar-refractivity contribution >= 4 is 35.1 Å². The lowest BCUT2D eigenvalue weighted by Gasteiger charge is -2.14. The number of halogens is 1. The fourth-order valence-electron chi connectivity index (χ4n) is 1.47. The molecule has 5 nitrogen and oxygen atoms in total. The second-order valence-electron chi connectivity index (χ2n) is 4.23. The van der Waals surface area contributed by atoms with Gasteiger partial charge in [-0.25, -0.2) is 4.98 Å². The Hall–Kier alpha value is -1.50. The van der Waals surface area contributed by atoms with E-state index >= 15 is 0 Å². The van der Waals surface area contributed by atoms with E-state index in [1.807, 2.05) is 31.2 Å². The van der Waals surface area contributed by atoms with Gasteiger partial charge in [0.25, 0.3) is 0 Å². The van der Waals surface area contributed by atoms with Gasteiger partial charge in [0.1, 0.15) is 5.82 Å². The molecule has 106 valence electrons. The first-order valence-electron chi connectivity index (χ1n) is 6.02. The molecule has 1 heterocycles. The fraction of sp³-hybridized carbons (Fsp3) is 0.231. The molecule has 1 atom stereocenters. The van der Waals surface area contributed by atoms with Crippen molar-refractivity contribution in [3.8, 4) is 0 Å². The fourth-order valence-corrected chi connectivity index (χ4v) is 2.43. The maximum Gasteiger partial charge on any atom is 0.221 e. The number of aliphatic hydroxyl groups excluding tert-OH is 1. The van der Waals surface area contributed by atoms with E-state index in [0.29, 0.717) is 10.8 Å². The molecule has 0 aliphatic carbocycles. The van der Waals surface area contributed by atoms with E-state index in [4.69, 9.17) is 22.4 Å². The number of nitrogens with one attached hydrogen (secondary N) is 1. The minimum Gasteiger partial charge on any atom is -0.394 e. The molecule has 0 bridgehead atoms. The molecule has 7 heteroatoms. The van der Waals surface area contributed by atoms with Crippen molar-refractivity contribution in [3.05, 3.63) is 35.5 Å². The monoisotopic (exact) mass is 310 g/mol. The number of aromatic nitrogens is 2. The highest BCUT2D eigenvalue weighted by Gasteiger charge is 2.10. The molecule has 20 heavy (non-hydrogen) atoms. The summed E-state index contributed by atoms with van der Waals surface area (Å²) in [7, 11) is 0. The van der Waals surface area contributed by atoms with E-state index in [2.05, 4.69) is 15.3 Å². The van der Waals surface area contributed by atoms with Crippen molar-refractivity contribution in [2.45, 2.75) is 22.8 Å². The van der Waals surface area contributed by atoms with E-state index in [9.17, 15) is 0 Å². The van der Waals surface area contributed by atoms with Crippen molar-refractivity contribution in [3.63, 3.8) is 0 Å². The smallest absolute Gasteiger partial charge is 0.221 e. The van der Waals surface area contributed by atoms with Crippen LogP contribution in [0.2, 0.25) is 5.02 Å². The molecule has 2 rings (SSSR count). The van der Waals surface area contributed by atoms with Crippen molar-refractivity contribution in [1.29, 1.82) is 0 Å². The van der Waals surface area contributed by atoms with Crippen LogP contribution in [0.4, 0.5) is 11.8 Å². The van der Waals surface area contributed by atoms with Gasteiger partial charge in [-0.2, -0.15) is 4.98 Å². The van der Waals surface area contributed by atoms with E-state index in [1.54, 1.807) is 6.20 Å². The highest BCUT2D eigenvalue weighted by Crippen LogP contribution is 2.33. The molecule has 0 radical (unpaired) electrons. The lowest BCUT2D eigenvalue weighted by molar-refractivity contribution is 0.281. The number of benzene rings is 1. The first-order valence-corrected chi connectivity index (χ1v) is 7.21. The van der Waals surface area contributed by atoms with Gasteiger partial charge in [0.05, 0.1) is 11.5 Å². The summed E-state index contributed by atoms with van der Waals surface area (Å²) in [6.45, 7) is 1.87. The minimum absolute atomic E-state index is 0.00889. The summed E-state index contributed by atoms with van der Waals surface area (Å²) < 4.78 is 0. The Labute approximate surface area is 126 Å². The second kappa shape index (κ2) is 6.78. The average Bonchev–Trinajstić information content (AvgIpc) is 2.44. The van der Waals surface area contributed by atoms with Gasteiger partial charge in [-0.3, -0.25) is 0 Å². The Morgan fingerprint density at radius 2 is 2.10 bits per heavy atom. The standard InChI is InChI=1S/C13H15ClN4OS/c1-8(7-19)17-12-11(6-16-13(15)18-12)20-10-4-2-9(14)3-5-10/h2-6,8,19H,7H2,1H3,(H3,15,16,17,18). The van der Waals surface area contributed by atoms with Crippen LogP contribution in [-0.2, 0) is 0 Å². The zero-order valence-electron chi connectivity index (χ0n) is 10.9. The SMILES string of the molecule is CC(CO)Nc1nc(N)ncc1Sc1ccc(Cl)cc1. The number of nitrogen functional groups attached to an aromatic ring is 1. The van der Waals surface area contributed by atoms with Crippen LogP contribution in [0.5, 0.6) is 0 Å². The van der Waals surface area contributed by atoms with Crippen LogP contribution in [0, 0.1) is 0 Å². The number of anilines is 2. The van der Waals surface area contributed by atoms with Crippen LogP contribution in [0.15, 0.2) is 40.3 Å². The predicted octanol–water partition coefficient (Wildman–Crippen LogP) is 2.66. The Balaban J connectivity index is 2.23. The third kappa shape index (κ3) is 4.00. The van der Waals surface area contributed by atoms with Gasteiger partial charge in [-0.15, -0.1) is 0 Å². The molecule has 0 spiro atoms. The third-order valence-electron chi connectivity index (χ3n) is 2.47. The summed E-state index contributed by atoms with van der Waals surface area (Å²) in [5, 5.41) is 12.9. The quantitative estimate of drug-likeness (QED) is 0.787. The van der Waals surface area contributed by atoms with Gasteiger partial charge in [0.15, 0.2) is 0 Å². The molecule has 0 amide bonds. The first-order chi connectivity index (χ1) is 9.58. The van der Waals surface area contributed by atoms with Gasteiger partial charge in [-0.1, -0.05) is 23.4 Å². The number of aliphatic hydroxyl groups is 1. The highest BCUT2D eigenvalue weighted by atomic mass is 35.5. The van der Waals surface area contributed by atoms with Crippen molar-refractivity contribution in [2.24, 2.45) is 0 Å². The third-order valence-corrected chi connectivity index (χ3v) is 3.75. The molecule has 1 unspecified atom stereocenters. The van der Waals surface area contributed by atoms with Gasteiger partial charge in [0.2, 0.25) is 5.95 Å². The maximum atomic E-state index is 9.12. The molecule has 1 aromatic heterocycles. The second-order valence-corrected chi connectivity index (χ2v) is 5.78. The number of rotatable bonds is 5. The van der Waals surface area contributed by atoms with Crippen LogP contribution in [-0.4, -0.2) is 27.7 Å². The van der Waals surface area contributed by atoms with E-state index < -0.39 is 0 Å². The van der Waals surface area contributed by atoms with Crippen molar-refractivity contribution in [1.82, 2.24) is 9.97 Å². The van der Waals surface area contributed by atoms with Crippen molar-refractivity contribution in [2.75, 3.05) is 17.7 Å². The Morgan fingerprint density at radius 3 is 2.75 bits per heavy atom. The summed E-state index contributed by atoms with van der Waals surface area (Å²) in [6, 6.07) is 7.37. The van der Waals surface area contributed by atoms with Gasteiger partial charge < -0.3 is 16.2 Å². The summed E-state index contributed by atoms with van der Waals surface area (Å²) in [5.74, 6) is 0.803. The molecule has 2 aromatic rings. The molecule has 0 saturated heterocycles. The predicted molar refractivity (Wildman–Crippen MR) is 82.2 cm³/mol. The van der Waals surface area contributed by atoms with Crippen LogP contribution in [0.1, 0.15) is 6.92 Å². The Kier molecular flexibility index (Phi) is 5.05. The molecule has 1 aromatic carbocycles. The van der Waals surface area contributed by atoms with Crippen LogP contribution < -0.4 is 11.1 Å². The highest BCUT2D eigenvalue weighted by molar-refractivity contribution is 7.99. The summed E-state index contributed by atoms with van der Waals surface area (Å²) in [4.78, 5) is 10.0. The topological polar surface area (TPSA) is 84.1 Å². The number of hydrogen-bond donors (Lipinski definition) is 3. The minimum atomic E-state index is -0.117. The lowest BCUT2D eigenvalue weighted by Crippen LogP contribution is -2.21. The van der Waals surface area contributed by atoms with Crippen LogP contribution >= 0.6 is 23.4 Å². The summed E-state index contributed by atoms with van der Waals surface area (Å²) in [6.07, 6.45) is 1.66. The van der Waals surface area contributed by atoms with Gasteiger partial charge >= 0.3 is 0 Å². The van der Waals surface area contributed by atoms with Gasteiger partial charge in [-0.05, 0) is 31.2 Å². The normalized spacial score (nSPS) is 12.2. The van der Waals surface area contributed by atoms with Crippen LogP contribution in [0.25, 0.3) is 0 Å². The Morgan fingerprint density at radius 1 is 1.40 bits per heavy atom. The van der Waals surface area contributed by atoms with E-state index in [0.717, 1.165) is 9.79 Å². The van der Waals surface area contributed by atoms with Crippen LogP contribution in [0.3, 0.4) is 0 Å². The number of nitrogens with zero attached hydrogens (tertiary/aromatic N) is 2. The van der Waals surface area contributed by atoms with Crippen molar-refractivity contribution < 1.29 is 5.11 Å². The molecule has 4 N–H and O–H groups in total. The van der Waals surface area contributed by atoms with E-state index in [-0.39, 0.29) is 18.6 Å². The van der Waals surface area contributed by atoms with Gasteiger partial charge in [0, 0.05) is 22.2 Å². The van der Waals surface area contributed by atoms with E-state index in [1.165, 1.54) is 11.8 Å². The maximum absolute atomic E-state index is 9.12. The zero-order chi connectivity index (χ0) is 14.5. The molecule has 0 fully saturated rings. The number of nitrogens with two attached hydrogens (primary N) is 1. The molecule has 0 aliphatic heterocycles. The molecule has 0 saturated carbocycles. The zero-order valence-corrected chi connectivity index (χ0v) is 12.4. The Bertz CT molecular complexity index is 579. The molecular weight excluding hydrogens is 296 g/mol. The molecular formula is C13H15ClN4OS. The summed E-state index contributed by atoms with van der Waals surface area (Å²) >= 11 is 7.36. The average molecular weight is 311 g/mol. The first kappa shape index (κ1) is 14.9.